The van der Waals surface area contributed by atoms with Gasteiger partial charge in [-0.05, 0) is 43.7 Å². The second-order valence-corrected chi connectivity index (χ2v) is 7.95. The number of aromatic nitrogens is 3. The molecular weight excluding hydrogens is 586 g/mol. The molecular formula is C27H32FIN6O2. The number of nitrogens with two attached hydrogens (primary N) is 2. The smallest absolute Gasteiger partial charge is 0.278 e. The van der Waals surface area contributed by atoms with Crippen LogP contribution in [0.25, 0.3) is 22.2 Å². The fourth-order valence-corrected chi connectivity index (χ4v) is 3.90. The highest BCUT2D eigenvalue weighted by Crippen LogP contribution is 2.32. The van der Waals surface area contributed by atoms with Gasteiger partial charge in [0.1, 0.15) is 11.5 Å². The van der Waals surface area contributed by atoms with Crippen molar-refractivity contribution in [3.63, 3.8) is 0 Å². The molecule has 4 rings (SSSR count). The second-order valence-electron chi connectivity index (χ2n) is 7.95. The maximum absolute atomic E-state index is 14.7. The summed E-state index contributed by atoms with van der Waals surface area (Å²) in [6.07, 6.45) is 1.56. The molecule has 5 N–H and O–H groups in total. The highest BCUT2D eigenvalue weighted by Gasteiger charge is 2.22. The molecule has 2 aromatic carbocycles. The molecule has 0 aliphatic carbocycles. The van der Waals surface area contributed by atoms with Crippen molar-refractivity contribution in [2.45, 2.75) is 34.2 Å². The Labute approximate surface area is 229 Å². The molecule has 10 heteroatoms. The number of aryl methyl sites for hydroxylation is 2. The molecule has 0 unspecified atom stereocenters. The molecule has 2 aromatic heterocycles. The zero-order chi connectivity index (χ0) is 27.9. The Bertz CT molecular complexity index is 1550. The van der Waals surface area contributed by atoms with Crippen molar-refractivity contribution in [3.05, 3.63) is 92.8 Å². The van der Waals surface area contributed by atoms with Crippen LogP contribution in [0.5, 0.6) is 0 Å². The molecule has 0 spiro atoms. The predicted octanol–water partition coefficient (Wildman–Crippen LogP) is 5.35. The molecule has 0 radical (unpaired) electrons. The number of nitrogens with zero attached hydrogens (tertiary/aromatic N) is 3. The summed E-state index contributed by atoms with van der Waals surface area (Å²) in [5, 5.41) is 7.75. The van der Waals surface area contributed by atoms with Crippen LogP contribution < -0.4 is 26.1 Å². The summed E-state index contributed by atoms with van der Waals surface area (Å²) >= 11 is 1.65. The molecule has 37 heavy (non-hydrogen) atoms. The van der Waals surface area contributed by atoms with Crippen molar-refractivity contribution in [2.75, 3.05) is 11.1 Å². The minimum Gasteiger partial charge on any atom is -0.399 e. The van der Waals surface area contributed by atoms with E-state index in [0.29, 0.717) is 22.5 Å². The highest BCUT2D eigenvalue weighted by atomic mass is 127. The van der Waals surface area contributed by atoms with E-state index in [1.807, 2.05) is 13.8 Å². The normalized spacial score (nSPS) is 10.2. The third-order valence-corrected chi connectivity index (χ3v) is 5.56. The monoisotopic (exact) mass is 618 g/mol. The zero-order valence-corrected chi connectivity index (χ0v) is 23.8. The molecule has 4 aromatic rings. The molecule has 2 heterocycles. The van der Waals surface area contributed by atoms with Gasteiger partial charge in [-0.15, -0.1) is 6.58 Å². The minimum atomic E-state index is -0.486. The number of nitrogens with one attached hydrogen (secondary N) is 1. The zero-order valence-electron chi connectivity index (χ0n) is 21.6. The van der Waals surface area contributed by atoms with Gasteiger partial charge in [0.15, 0.2) is 0 Å². The molecule has 0 saturated heterocycles. The van der Waals surface area contributed by atoms with Gasteiger partial charge in [0.25, 0.3) is 11.1 Å². The summed E-state index contributed by atoms with van der Waals surface area (Å²) in [6, 6.07) is 11.8. The lowest BCUT2D eigenvalue weighted by Gasteiger charge is -2.19. The Balaban J connectivity index is 0.00000115. The summed E-state index contributed by atoms with van der Waals surface area (Å²) < 4.78 is 21.8. The maximum Gasteiger partial charge on any atom is 0.278 e. The van der Waals surface area contributed by atoms with Gasteiger partial charge >= 0.3 is 0 Å². The van der Waals surface area contributed by atoms with Crippen molar-refractivity contribution >= 4 is 50.8 Å². The first kappa shape index (κ1) is 29.7. The summed E-state index contributed by atoms with van der Waals surface area (Å²) in [7, 11) is 1.59. The standard InChI is InChI=1S/C25H24FN5O2.C2H6.H2IN/c1-5-11-31-25(33)20-21(28-19-10-9-14(2)12-18(19)26)15(3)24(32)30(4)23(20)22(29-31)16-7-6-8-17(27)13-16;2*1-2/h5-10,12-13,28H,1,11,27H2,2-4H3;1-2H3;2H2. The summed E-state index contributed by atoms with van der Waals surface area (Å²) in [5.74, 6) is -0.486. The van der Waals surface area contributed by atoms with Gasteiger partial charge in [-0.2, -0.15) is 5.10 Å². The van der Waals surface area contributed by atoms with Crippen LogP contribution in [0.1, 0.15) is 25.0 Å². The SMILES string of the molecule is C=CCn1nc(-c2cccc(N)c2)c2c(c(Nc3ccc(C)cc3F)c(C)c(=O)n2C)c1=O.CC.NI. The summed E-state index contributed by atoms with van der Waals surface area (Å²) in [6.45, 7) is 11.3. The van der Waals surface area contributed by atoms with E-state index in [9.17, 15) is 14.0 Å². The van der Waals surface area contributed by atoms with Crippen LogP contribution in [0.3, 0.4) is 0 Å². The summed E-state index contributed by atoms with van der Waals surface area (Å²) in [5.41, 5.74) is 8.58. The van der Waals surface area contributed by atoms with Crippen LogP contribution in [-0.4, -0.2) is 14.3 Å². The molecule has 0 aliphatic heterocycles. The molecule has 0 amide bonds. The molecule has 0 bridgehead atoms. The molecule has 0 aliphatic rings. The van der Waals surface area contributed by atoms with Crippen LogP contribution in [0.15, 0.2) is 64.7 Å². The van der Waals surface area contributed by atoms with Gasteiger partial charge in [0, 0.05) is 46.7 Å². The molecule has 0 atom stereocenters. The first-order chi connectivity index (χ1) is 17.7. The summed E-state index contributed by atoms with van der Waals surface area (Å²) in [4.78, 5) is 26.7. The van der Waals surface area contributed by atoms with E-state index in [1.165, 1.54) is 15.3 Å². The molecule has 0 fully saturated rings. The lowest BCUT2D eigenvalue weighted by molar-refractivity contribution is 0.630. The highest BCUT2D eigenvalue weighted by molar-refractivity contribution is 14.1. The van der Waals surface area contributed by atoms with E-state index in [2.05, 4.69) is 20.9 Å². The number of rotatable bonds is 5. The number of allylic oxidation sites excluding steroid dienone is 1. The number of halogens is 2. The van der Waals surface area contributed by atoms with Crippen LogP contribution >= 0.6 is 22.9 Å². The van der Waals surface area contributed by atoms with Crippen molar-refractivity contribution in [1.29, 1.82) is 0 Å². The molecule has 196 valence electrons. The third kappa shape index (κ3) is 6.08. The Morgan fingerprint density at radius 3 is 2.38 bits per heavy atom. The Morgan fingerprint density at radius 1 is 1.11 bits per heavy atom. The van der Waals surface area contributed by atoms with Crippen LogP contribution in [0.4, 0.5) is 21.5 Å². The number of fused-ring (bicyclic) bond motifs is 1. The fraction of sp³-hybridized carbons (Fsp3) is 0.222. The Morgan fingerprint density at radius 2 is 1.78 bits per heavy atom. The third-order valence-electron chi connectivity index (χ3n) is 5.56. The lowest BCUT2D eigenvalue weighted by atomic mass is 10.0. The Kier molecular flexibility index (Phi) is 10.6. The molecule has 0 saturated carbocycles. The second kappa shape index (κ2) is 13.2. The quantitative estimate of drug-likeness (QED) is 0.120. The lowest BCUT2D eigenvalue weighted by Crippen LogP contribution is -2.30. The average molecular weight is 618 g/mol. The first-order valence-electron chi connectivity index (χ1n) is 11.6. The van der Waals surface area contributed by atoms with Crippen molar-refractivity contribution in [2.24, 2.45) is 11.0 Å². The largest absolute Gasteiger partial charge is 0.399 e. The average Bonchev–Trinajstić information content (AvgIpc) is 2.90. The topological polar surface area (TPSA) is 121 Å². The number of hydrogen-bond donors (Lipinski definition) is 3. The Hall–Kier alpha value is -3.51. The van der Waals surface area contributed by atoms with Crippen LogP contribution in [0, 0.1) is 19.7 Å². The van der Waals surface area contributed by atoms with Gasteiger partial charge in [0.05, 0.1) is 28.8 Å². The van der Waals surface area contributed by atoms with Gasteiger partial charge < -0.3 is 15.6 Å². The minimum absolute atomic E-state index is 0.157. The number of benzene rings is 2. The van der Waals surface area contributed by atoms with Crippen molar-refractivity contribution < 1.29 is 4.39 Å². The van der Waals surface area contributed by atoms with E-state index >= 15 is 0 Å². The van der Waals surface area contributed by atoms with E-state index in [-0.39, 0.29) is 34.4 Å². The van der Waals surface area contributed by atoms with E-state index in [4.69, 9.17) is 5.73 Å². The van der Waals surface area contributed by atoms with Gasteiger partial charge in [-0.3, -0.25) is 13.5 Å². The van der Waals surface area contributed by atoms with E-state index < -0.39 is 11.4 Å². The van der Waals surface area contributed by atoms with E-state index in [0.717, 1.165) is 5.56 Å². The first-order valence-corrected chi connectivity index (χ1v) is 12.8. The number of nitrogen functional groups attached to an aromatic ring is 1. The fourth-order valence-electron chi connectivity index (χ4n) is 3.90. The van der Waals surface area contributed by atoms with Gasteiger partial charge in [-0.25, -0.2) is 9.07 Å². The number of anilines is 3. The predicted molar refractivity (Wildman–Crippen MR) is 160 cm³/mol. The van der Waals surface area contributed by atoms with Crippen molar-refractivity contribution in [3.8, 4) is 11.3 Å². The van der Waals surface area contributed by atoms with E-state index in [1.54, 1.807) is 86.2 Å². The number of pyridine rings is 1. The van der Waals surface area contributed by atoms with Crippen LogP contribution in [-0.2, 0) is 13.6 Å². The van der Waals surface area contributed by atoms with Crippen molar-refractivity contribution in [1.82, 2.24) is 14.3 Å². The van der Waals surface area contributed by atoms with Gasteiger partial charge in [0.2, 0.25) is 0 Å². The number of hydrogen-bond acceptors (Lipinski definition) is 6. The van der Waals surface area contributed by atoms with Gasteiger partial charge in [-0.1, -0.05) is 38.1 Å². The maximum atomic E-state index is 14.7. The molecule has 8 nitrogen and oxygen atoms in total. The van der Waals surface area contributed by atoms with Crippen LogP contribution in [0.2, 0.25) is 0 Å².